The van der Waals surface area contributed by atoms with E-state index in [0.29, 0.717) is 12.7 Å². The topological polar surface area (TPSA) is 37.3 Å². The van der Waals surface area contributed by atoms with Gasteiger partial charge in [-0.25, -0.2) is 0 Å². The average molecular weight is 247 g/mol. The van der Waals surface area contributed by atoms with E-state index >= 15 is 0 Å². The van der Waals surface area contributed by atoms with Crippen molar-refractivity contribution in [2.24, 2.45) is 5.41 Å². The average Bonchev–Trinajstić information content (AvgIpc) is 2.09. The normalized spacial score (nSPS) is 33.3. The van der Waals surface area contributed by atoms with E-state index in [0.717, 1.165) is 10.9 Å². The van der Waals surface area contributed by atoms with Crippen molar-refractivity contribution in [3.05, 3.63) is 10.1 Å². The van der Waals surface area contributed by atoms with E-state index in [-0.39, 0.29) is 0 Å². The Bertz CT molecular complexity index is 268. The number of rotatable bonds is 1. The highest BCUT2D eigenvalue weighted by atomic mass is 79.9. The van der Waals surface area contributed by atoms with Gasteiger partial charge >= 0.3 is 0 Å². The molecule has 13 heavy (non-hydrogen) atoms. The molecule has 0 fully saturated rings. The molecule has 2 nitrogen and oxygen atoms in total. The van der Waals surface area contributed by atoms with Crippen LogP contribution < -0.4 is 0 Å². The molecular formula is C10H15BrO2. The van der Waals surface area contributed by atoms with E-state index in [4.69, 9.17) is 0 Å². The Hall–Kier alpha value is -0.150. The smallest absolute Gasteiger partial charge is 0.152 e. The summed E-state index contributed by atoms with van der Waals surface area (Å²) in [5.41, 5.74) is -0.501. The van der Waals surface area contributed by atoms with E-state index < -0.39 is 11.0 Å². The molecule has 1 aliphatic carbocycles. The molecule has 0 bridgehead atoms. The minimum Gasteiger partial charge on any atom is -0.381 e. The fraction of sp³-hybridized carbons (Fsp3) is 0.700. The molecule has 0 aromatic carbocycles. The van der Waals surface area contributed by atoms with Crippen molar-refractivity contribution in [1.82, 2.24) is 0 Å². The molecule has 3 heteroatoms. The minimum atomic E-state index is -1.22. The van der Waals surface area contributed by atoms with Crippen LogP contribution in [0.15, 0.2) is 10.1 Å². The van der Waals surface area contributed by atoms with Crippen molar-refractivity contribution in [2.75, 3.05) is 0 Å². The zero-order valence-electron chi connectivity index (χ0n) is 8.22. The van der Waals surface area contributed by atoms with E-state index in [9.17, 15) is 9.90 Å². The van der Waals surface area contributed by atoms with Gasteiger partial charge in [0.25, 0.3) is 0 Å². The molecule has 0 heterocycles. The number of carbonyl (C=O) groups excluding carboxylic acids is 1. The molecule has 0 saturated heterocycles. The predicted molar refractivity (Wildman–Crippen MR) is 55.7 cm³/mol. The van der Waals surface area contributed by atoms with Crippen molar-refractivity contribution in [3.8, 4) is 0 Å². The first kappa shape index (κ1) is 10.9. The zero-order chi connectivity index (χ0) is 10.3. The maximum absolute atomic E-state index is 10.9. The lowest BCUT2D eigenvalue weighted by Gasteiger charge is -2.43. The molecular weight excluding hydrogens is 232 g/mol. The largest absolute Gasteiger partial charge is 0.381 e. The van der Waals surface area contributed by atoms with Gasteiger partial charge in [-0.3, -0.25) is 0 Å². The fourth-order valence-corrected chi connectivity index (χ4v) is 2.27. The third-order valence-electron chi connectivity index (χ3n) is 3.08. The molecule has 1 rings (SSSR count). The first-order valence-corrected chi connectivity index (χ1v) is 5.19. The van der Waals surface area contributed by atoms with Crippen LogP contribution in [0, 0.1) is 5.41 Å². The molecule has 0 unspecified atom stereocenters. The summed E-state index contributed by atoms with van der Waals surface area (Å²) >= 11 is 3.45. The number of aldehydes is 1. The Kier molecular flexibility index (Phi) is 2.70. The number of carbonyl (C=O) groups is 1. The van der Waals surface area contributed by atoms with Gasteiger partial charge in [-0.15, -0.1) is 0 Å². The number of hydrogen-bond acceptors (Lipinski definition) is 2. The highest BCUT2D eigenvalue weighted by Gasteiger charge is 2.48. The van der Waals surface area contributed by atoms with Crippen LogP contribution in [0.25, 0.3) is 0 Å². The van der Waals surface area contributed by atoms with Crippen molar-refractivity contribution in [3.63, 3.8) is 0 Å². The molecule has 0 saturated carbocycles. The Morgan fingerprint density at radius 3 is 2.54 bits per heavy atom. The Morgan fingerprint density at radius 2 is 2.08 bits per heavy atom. The summed E-state index contributed by atoms with van der Waals surface area (Å²) in [6, 6.07) is 0. The van der Waals surface area contributed by atoms with Crippen LogP contribution in [0.2, 0.25) is 0 Å². The Morgan fingerprint density at radius 1 is 1.54 bits per heavy atom. The fourth-order valence-electron chi connectivity index (χ4n) is 1.73. The third-order valence-corrected chi connectivity index (χ3v) is 4.75. The molecule has 1 atom stereocenters. The number of hydrogen-bond donors (Lipinski definition) is 1. The lowest BCUT2D eigenvalue weighted by Crippen LogP contribution is -2.48. The van der Waals surface area contributed by atoms with Crippen LogP contribution in [-0.2, 0) is 4.79 Å². The third kappa shape index (κ3) is 1.48. The van der Waals surface area contributed by atoms with Gasteiger partial charge in [-0.05, 0) is 19.8 Å². The molecule has 0 aliphatic heterocycles. The molecule has 74 valence electrons. The van der Waals surface area contributed by atoms with E-state index in [2.05, 4.69) is 15.9 Å². The van der Waals surface area contributed by atoms with Gasteiger partial charge in [-0.1, -0.05) is 35.4 Å². The van der Waals surface area contributed by atoms with Crippen LogP contribution in [0.3, 0.4) is 0 Å². The summed E-state index contributed by atoms with van der Waals surface area (Å²) in [4.78, 5) is 10.9. The first-order chi connectivity index (χ1) is 5.85. The molecule has 0 aromatic rings. The summed E-state index contributed by atoms with van der Waals surface area (Å²) < 4.78 is 0.959. The Balaban J connectivity index is 3.19. The summed E-state index contributed by atoms with van der Waals surface area (Å²) in [5.74, 6) is 0. The molecule has 1 N–H and O–H groups in total. The highest BCUT2D eigenvalue weighted by molar-refractivity contribution is 9.11. The quantitative estimate of drug-likeness (QED) is 0.722. The molecule has 1 aliphatic rings. The van der Waals surface area contributed by atoms with Crippen LogP contribution >= 0.6 is 15.9 Å². The summed E-state index contributed by atoms with van der Waals surface area (Å²) in [5, 5.41) is 10.1. The monoisotopic (exact) mass is 246 g/mol. The SMILES string of the molecule is CC1=C(Br)C(C)(C)[C@](O)(C=O)CC1. The molecule has 0 radical (unpaired) electrons. The van der Waals surface area contributed by atoms with Crippen LogP contribution in [0.4, 0.5) is 0 Å². The summed E-state index contributed by atoms with van der Waals surface area (Å²) in [7, 11) is 0. The van der Waals surface area contributed by atoms with Crippen molar-refractivity contribution >= 4 is 22.2 Å². The van der Waals surface area contributed by atoms with Gasteiger partial charge in [0.1, 0.15) is 5.60 Å². The van der Waals surface area contributed by atoms with E-state index in [1.165, 1.54) is 5.57 Å². The van der Waals surface area contributed by atoms with Crippen LogP contribution in [0.5, 0.6) is 0 Å². The summed E-state index contributed by atoms with van der Waals surface area (Å²) in [6.45, 7) is 5.79. The first-order valence-electron chi connectivity index (χ1n) is 4.39. The molecule has 0 aromatic heterocycles. The maximum atomic E-state index is 10.9. The number of halogens is 1. The molecule has 0 amide bonds. The van der Waals surface area contributed by atoms with Crippen molar-refractivity contribution in [2.45, 2.75) is 39.2 Å². The second kappa shape index (κ2) is 3.21. The molecule has 0 spiro atoms. The van der Waals surface area contributed by atoms with E-state index in [1.54, 1.807) is 0 Å². The lowest BCUT2D eigenvalue weighted by molar-refractivity contribution is -0.135. The second-order valence-electron chi connectivity index (χ2n) is 4.26. The van der Waals surface area contributed by atoms with Crippen LogP contribution in [-0.4, -0.2) is 17.0 Å². The van der Waals surface area contributed by atoms with Crippen molar-refractivity contribution in [1.29, 1.82) is 0 Å². The number of aliphatic hydroxyl groups is 1. The highest BCUT2D eigenvalue weighted by Crippen LogP contribution is 2.48. The minimum absolute atomic E-state index is 0.503. The lowest BCUT2D eigenvalue weighted by atomic mass is 9.68. The van der Waals surface area contributed by atoms with E-state index in [1.807, 2.05) is 20.8 Å². The van der Waals surface area contributed by atoms with Gasteiger partial charge < -0.3 is 9.90 Å². The Labute approximate surface area is 87.2 Å². The predicted octanol–water partition coefficient (Wildman–Crippen LogP) is 2.41. The van der Waals surface area contributed by atoms with Crippen LogP contribution in [0.1, 0.15) is 33.6 Å². The van der Waals surface area contributed by atoms with Crippen molar-refractivity contribution < 1.29 is 9.90 Å². The van der Waals surface area contributed by atoms with Gasteiger partial charge in [0.2, 0.25) is 0 Å². The standard InChI is InChI=1S/C10H15BrO2/c1-7-4-5-10(13,6-12)9(2,3)8(7)11/h6,13H,4-5H2,1-3H3/t10-/m1/s1. The van der Waals surface area contributed by atoms with Gasteiger partial charge in [0, 0.05) is 9.90 Å². The second-order valence-corrected chi connectivity index (χ2v) is 5.05. The summed E-state index contributed by atoms with van der Waals surface area (Å²) in [6.07, 6.45) is 1.96. The van der Waals surface area contributed by atoms with Gasteiger partial charge in [-0.2, -0.15) is 0 Å². The van der Waals surface area contributed by atoms with Gasteiger partial charge in [0.05, 0.1) is 0 Å². The maximum Gasteiger partial charge on any atom is 0.152 e. The zero-order valence-corrected chi connectivity index (χ0v) is 9.81. The van der Waals surface area contributed by atoms with Gasteiger partial charge in [0.15, 0.2) is 6.29 Å². The number of allylic oxidation sites excluding steroid dienone is 1.